The van der Waals surface area contributed by atoms with Gasteiger partial charge in [0.1, 0.15) is 31.0 Å². The fraction of sp³-hybridized carbons (Fsp3) is 0.519. The number of nitrogens with two attached hydrogens (primary N) is 1. The molecular formula is C27H40N9O18P3. The molecule has 316 valence electrons. The highest BCUT2D eigenvalue weighted by Crippen LogP contribution is 2.66. The van der Waals surface area contributed by atoms with Crippen molar-refractivity contribution >= 4 is 41.1 Å². The van der Waals surface area contributed by atoms with Crippen molar-refractivity contribution in [1.82, 2.24) is 21.0 Å². The number of hydrogen-bond acceptors (Lipinski definition) is 19. The second-order valence-electron chi connectivity index (χ2n) is 11.2. The number of nitrogens with zero attached hydrogens (tertiary/aromatic N) is 5. The van der Waals surface area contributed by atoms with Crippen LogP contribution in [-0.4, -0.2) is 130 Å². The monoisotopic (exact) mass is 871 g/mol. The number of carbonyl (C=O) groups is 2. The molecule has 0 radical (unpaired) electrons. The maximum absolute atomic E-state index is 12.2. The number of carbonyl (C=O) groups excluding carboxylic acids is 2. The van der Waals surface area contributed by atoms with Crippen LogP contribution in [-0.2, 0) is 45.8 Å². The van der Waals surface area contributed by atoms with Gasteiger partial charge >= 0.3 is 23.5 Å². The Morgan fingerprint density at radius 1 is 1.12 bits per heavy atom. The number of phosphoric acid groups is 3. The van der Waals surface area contributed by atoms with Crippen LogP contribution in [0.3, 0.4) is 0 Å². The van der Waals surface area contributed by atoms with Gasteiger partial charge in [0.15, 0.2) is 6.23 Å². The first kappa shape index (κ1) is 47.4. The van der Waals surface area contributed by atoms with Gasteiger partial charge in [0.2, 0.25) is 12.3 Å². The Morgan fingerprint density at radius 3 is 2.61 bits per heavy atom. The molecule has 2 aliphatic heterocycles. The molecule has 6 atom stereocenters. The lowest BCUT2D eigenvalue weighted by atomic mass is 10.2. The third-order valence-electron chi connectivity index (χ3n) is 6.89. The van der Waals surface area contributed by atoms with E-state index in [-0.39, 0.29) is 70.3 Å². The zero-order valence-corrected chi connectivity index (χ0v) is 32.2. The minimum absolute atomic E-state index is 0.0602. The van der Waals surface area contributed by atoms with Crippen LogP contribution in [0.1, 0.15) is 23.2 Å². The molecule has 11 N–H and O–H groups in total. The number of hydroxylamine groups is 1. The zero-order chi connectivity index (χ0) is 42.1. The SMILES string of the molecule is [N-]=[N+]=NC(COc1cccc(C(=O)NCCNO)c1)OCCOCC(=O)NCC#CC1=CN([C@H]2CC[C@@H](COP(=O)(O)OP(=O)(O)OP(=O)(O)O)O2)C(O)N=C1N. The summed E-state index contributed by atoms with van der Waals surface area (Å²) in [6.45, 7) is -1.17. The summed E-state index contributed by atoms with van der Waals surface area (Å²) >= 11 is 0. The van der Waals surface area contributed by atoms with Gasteiger partial charge in [-0.25, -0.2) is 24.2 Å². The van der Waals surface area contributed by atoms with Crippen LogP contribution in [0.2, 0.25) is 0 Å². The molecule has 0 saturated carbocycles. The molecule has 30 heteroatoms. The minimum Gasteiger partial charge on any atom is -0.491 e. The summed E-state index contributed by atoms with van der Waals surface area (Å²) < 4.78 is 68.2. The van der Waals surface area contributed by atoms with E-state index in [9.17, 15) is 38.2 Å². The molecule has 0 spiro atoms. The molecule has 4 unspecified atom stereocenters. The number of hydrogen-bond donors (Lipinski definition) is 10. The molecule has 2 heterocycles. The maximum atomic E-state index is 12.2. The number of aliphatic hydroxyl groups is 1. The number of aliphatic hydroxyl groups excluding tert-OH is 1. The first-order valence-electron chi connectivity index (χ1n) is 16.2. The number of nitrogens with one attached hydrogen (secondary N) is 3. The van der Waals surface area contributed by atoms with Crippen molar-refractivity contribution in [3.8, 4) is 17.6 Å². The summed E-state index contributed by atoms with van der Waals surface area (Å²) in [4.78, 5) is 68.4. The number of aliphatic imine (C=N–C) groups is 1. The van der Waals surface area contributed by atoms with Gasteiger partial charge < -0.3 is 70.1 Å². The topological polar surface area (TPSA) is 398 Å². The van der Waals surface area contributed by atoms with E-state index in [1.54, 1.807) is 18.2 Å². The first-order chi connectivity index (χ1) is 26.9. The Kier molecular flexibility index (Phi) is 19.0. The van der Waals surface area contributed by atoms with Gasteiger partial charge in [-0.2, -0.15) is 8.62 Å². The number of amides is 2. The summed E-state index contributed by atoms with van der Waals surface area (Å²) in [5, 5.41) is 27.6. The van der Waals surface area contributed by atoms with Crippen molar-refractivity contribution in [2.24, 2.45) is 15.8 Å². The van der Waals surface area contributed by atoms with Crippen molar-refractivity contribution < 1.29 is 85.3 Å². The average Bonchev–Trinajstić information content (AvgIpc) is 3.59. The van der Waals surface area contributed by atoms with Gasteiger partial charge in [0.25, 0.3) is 5.91 Å². The maximum Gasteiger partial charge on any atom is 0.490 e. The minimum atomic E-state index is -5.69. The van der Waals surface area contributed by atoms with Crippen molar-refractivity contribution in [3.63, 3.8) is 0 Å². The highest BCUT2D eigenvalue weighted by Gasteiger charge is 2.42. The van der Waals surface area contributed by atoms with Crippen LogP contribution in [0.5, 0.6) is 5.75 Å². The third-order valence-corrected chi connectivity index (χ3v) is 10.7. The van der Waals surface area contributed by atoms with Gasteiger partial charge in [-0.05, 0) is 36.6 Å². The molecule has 3 rings (SSSR count). The summed E-state index contributed by atoms with van der Waals surface area (Å²) in [6, 6.07) is 6.21. The molecular weight excluding hydrogens is 831 g/mol. The number of ether oxygens (including phenoxy) is 4. The molecule has 0 bridgehead atoms. The van der Waals surface area contributed by atoms with E-state index in [0.717, 1.165) is 0 Å². The Bertz CT molecular complexity index is 1870. The lowest BCUT2D eigenvalue weighted by Gasteiger charge is -2.32. The van der Waals surface area contributed by atoms with Crippen LogP contribution in [0, 0.1) is 11.8 Å². The highest BCUT2D eigenvalue weighted by molar-refractivity contribution is 7.66. The molecule has 1 fully saturated rings. The Morgan fingerprint density at radius 2 is 1.89 bits per heavy atom. The average molecular weight is 872 g/mol. The molecule has 27 nitrogen and oxygen atoms in total. The van der Waals surface area contributed by atoms with Crippen molar-refractivity contribution in [2.45, 2.75) is 37.8 Å². The summed E-state index contributed by atoms with van der Waals surface area (Å²) in [6.07, 6.45) is -2.61. The Labute approximate surface area is 323 Å². The first-order valence-corrected chi connectivity index (χ1v) is 20.7. The van der Waals surface area contributed by atoms with Crippen molar-refractivity contribution in [2.75, 3.05) is 52.7 Å². The standard InChI is InChI=1S/C27H40N9O18P3/c28-25-19(14-36(27(39)33-25)24-7-6-21(52-24)15-51-56(44,45)54-57(46,47)53-55(41,42)43)4-2-8-30-22(37)16-48-11-12-49-23(34-35-29)17-50-20-5-1-3-18(13-20)26(38)31-9-10-32-40/h1,3,5,13-14,21,23-24,27,32,39-40H,6-12,15-17H2,(H2,28,33)(H,30,37)(H,31,38)(H,44,45)(H,46,47)(H2,41,42,43)/t21-,23?,24+,27?/m0/s1. The lowest BCUT2D eigenvalue weighted by molar-refractivity contribution is -0.126. The van der Waals surface area contributed by atoms with E-state index in [2.05, 4.69) is 50.6 Å². The quantitative estimate of drug-likeness (QED) is 0.0123. The summed E-state index contributed by atoms with van der Waals surface area (Å²) in [5.41, 5.74) is 17.1. The van der Waals surface area contributed by atoms with Crippen LogP contribution in [0.4, 0.5) is 0 Å². The molecule has 57 heavy (non-hydrogen) atoms. The Hall–Kier alpha value is -3.99. The fourth-order valence-electron chi connectivity index (χ4n) is 4.52. The van der Waals surface area contributed by atoms with E-state index in [4.69, 9.17) is 45.2 Å². The molecule has 0 aliphatic carbocycles. The van der Waals surface area contributed by atoms with Gasteiger partial charge in [-0.15, -0.1) is 0 Å². The predicted molar refractivity (Wildman–Crippen MR) is 190 cm³/mol. The predicted octanol–water partition coefficient (Wildman–Crippen LogP) is -0.756. The normalized spacial score (nSPS) is 20.7. The van der Waals surface area contributed by atoms with Crippen LogP contribution >= 0.6 is 23.5 Å². The lowest BCUT2D eigenvalue weighted by Crippen LogP contribution is -2.43. The van der Waals surface area contributed by atoms with E-state index < -0.39 is 66.8 Å². The smallest absolute Gasteiger partial charge is 0.490 e. The number of azide groups is 1. The second-order valence-corrected chi connectivity index (χ2v) is 15.6. The van der Waals surface area contributed by atoms with Crippen molar-refractivity contribution in [3.05, 3.63) is 52.0 Å². The highest BCUT2D eigenvalue weighted by atomic mass is 31.3. The van der Waals surface area contributed by atoms with E-state index in [0.29, 0.717) is 11.3 Å². The van der Waals surface area contributed by atoms with Crippen LogP contribution in [0.15, 0.2) is 46.1 Å². The van der Waals surface area contributed by atoms with Gasteiger partial charge in [0, 0.05) is 29.8 Å². The van der Waals surface area contributed by atoms with Crippen LogP contribution < -0.4 is 26.6 Å². The second kappa shape index (κ2) is 22.8. The van der Waals surface area contributed by atoms with Crippen LogP contribution in [0.25, 0.3) is 10.4 Å². The summed E-state index contributed by atoms with van der Waals surface area (Å²) in [7, 11) is -16.6. The number of amidine groups is 1. The molecule has 1 aromatic carbocycles. The van der Waals surface area contributed by atoms with Gasteiger partial charge in [-0.3, -0.25) is 14.1 Å². The largest absolute Gasteiger partial charge is 0.491 e. The van der Waals surface area contributed by atoms with E-state index in [1.807, 2.05) is 5.48 Å². The molecule has 1 aromatic rings. The zero-order valence-electron chi connectivity index (χ0n) is 29.5. The molecule has 0 aromatic heterocycles. The Balaban J connectivity index is 1.38. The number of rotatable bonds is 23. The third kappa shape index (κ3) is 18.0. The van der Waals surface area contributed by atoms with E-state index in [1.165, 1.54) is 17.2 Å². The van der Waals surface area contributed by atoms with Gasteiger partial charge in [-0.1, -0.05) is 23.0 Å². The van der Waals surface area contributed by atoms with E-state index >= 15 is 0 Å². The molecule has 2 amide bonds. The number of benzene rings is 1. The van der Waals surface area contributed by atoms with Gasteiger partial charge in [0.05, 0.1) is 38.0 Å². The molecule has 2 aliphatic rings. The fourth-order valence-corrected chi connectivity index (χ4v) is 7.57. The number of phosphoric ester groups is 1. The molecule has 1 saturated heterocycles. The summed E-state index contributed by atoms with van der Waals surface area (Å²) in [5.74, 6) is 4.62. The van der Waals surface area contributed by atoms with Crippen molar-refractivity contribution in [1.29, 1.82) is 0 Å².